The van der Waals surface area contributed by atoms with Crippen molar-refractivity contribution in [2.45, 2.75) is 18.9 Å². The minimum absolute atomic E-state index is 0.290. The second kappa shape index (κ2) is 4.78. The van der Waals surface area contributed by atoms with Crippen LogP contribution < -0.4 is 5.73 Å². The number of rotatable bonds is 2. The summed E-state index contributed by atoms with van der Waals surface area (Å²) in [7, 11) is 1.34. The van der Waals surface area contributed by atoms with Gasteiger partial charge in [0.05, 0.1) is 13.2 Å². The van der Waals surface area contributed by atoms with Gasteiger partial charge in [-0.1, -0.05) is 0 Å². The van der Waals surface area contributed by atoms with Crippen molar-refractivity contribution >= 4 is 23.5 Å². The van der Waals surface area contributed by atoms with Crippen molar-refractivity contribution in [2.24, 2.45) is 0 Å². The molecule has 0 saturated carbocycles. The second-order valence-electron chi connectivity index (χ2n) is 3.73. The first-order chi connectivity index (χ1) is 7.72. The van der Waals surface area contributed by atoms with Crippen molar-refractivity contribution < 1.29 is 9.53 Å². The molecule has 0 aromatic carbocycles. The summed E-state index contributed by atoms with van der Waals surface area (Å²) in [5.74, 6) is 2.35. The smallest absolute Gasteiger partial charge is 0.358 e. The van der Waals surface area contributed by atoms with E-state index in [9.17, 15) is 4.79 Å². The molecule has 1 saturated heterocycles. The Kier molecular flexibility index (Phi) is 3.38. The zero-order valence-electron chi connectivity index (χ0n) is 9.18. The van der Waals surface area contributed by atoms with E-state index in [1.807, 2.05) is 11.8 Å². The van der Waals surface area contributed by atoms with E-state index >= 15 is 0 Å². The zero-order valence-corrected chi connectivity index (χ0v) is 10.00. The summed E-state index contributed by atoms with van der Waals surface area (Å²) in [4.78, 5) is 11.3. The highest BCUT2D eigenvalue weighted by atomic mass is 32.2. The Morgan fingerprint density at radius 1 is 1.62 bits per heavy atom. The molecule has 0 spiro atoms. The maximum absolute atomic E-state index is 11.3. The van der Waals surface area contributed by atoms with Gasteiger partial charge in [-0.15, -0.1) is 0 Å². The van der Waals surface area contributed by atoms with Gasteiger partial charge < -0.3 is 10.5 Å². The molecule has 88 valence electrons. The molecule has 0 amide bonds. The summed E-state index contributed by atoms with van der Waals surface area (Å²) in [6.07, 6.45) is 2.11. The summed E-state index contributed by atoms with van der Waals surface area (Å²) >= 11 is 1.94. The minimum atomic E-state index is -0.435. The molecule has 1 aliphatic heterocycles. The molecule has 5 nitrogen and oxygen atoms in total. The van der Waals surface area contributed by atoms with E-state index in [1.54, 1.807) is 10.7 Å². The topological polar surface area (TPSA) is 70.1 Å². The number of carbonyl (C=O) groups is 1. The van der Waals surface area contributed by atoms with Gasteiger partial charge in [0.1, 0.15) is 5.82 Å². The van der Waals surface area contributed by atoms with E-state index in [0.29, 0.717) is 17.6 Å². The lowest BCUT2D eigenvalue weighted by Crippen LogP contribution is -2.18. The Morgan fingerprint density at radius 3 is 2.94 bits per heavy atom. The molecule has 0 unspecified atom stereocenters. The monoisotopic (exact) mass is 241 g/mol. The summed E-state index contributed by atoms with van der Waals surface area (Å²) in [6.45, 7) is 0. The predicted molar refractivity (Wildman–Crippen MR) is 63.6 cm³/mol. The summed E-state index contributed by atoms with van der Waals surface area (Å²) < 4.78 is 6.37. The molecular formula is C10H15N3O2S. The third kappa shape index (κ3) is 2.16. The van der Waals surface area contributed by atoms with Crippen molar-refractivity contribution in [1.29, 1.82) is 0 Å². The van der Waals surface area contributed by atoms with Gasteiger partial charge >= 0.3 is 5.97 Å². The average molecular weight is 241 g/mol. The molecule has 6 heteroatoms. The Balaban J connectivity index is 2.20. The molecule has 0 bridgehead atoms. The van der Waals surface area contributed by atoms with E-state index < -0.39 is 5.97 Å². The zero-order chi connectivity index (χ0) is 11.5. The fraction of sp³-hybridized carbons (Fsp3) is 0.600. The molecule has 2 N–H and O–H groups in total. The lowest BCUT2D eigenvalue weighted by Gasteiger charge is -2.22. The average Bonchev–Trinajstić information content (AvgIpc) is 2.71. The lowest BCUT2D eigenvalue weighted by molar-refractivity contribution is 0.0592. The van der Waals surface area contributed by atoms with Crippen molar-refractivity contribution in [3.05, 3.63) is 11.8 Å². The highest BCUT2D eigenvalue weighted by molar-refractivity contribution is 7.99. The maximum Gasteiger partial charge on any atom is 0.358 e. The van der Waals surface area contributed by atoms with Crippen molar-refractivity contribution in [1.82, 2.24) is 9.78 Å². The molecule has 1 aliphatic rings. The van der Waals surface area contributed by atoms with E-state index in [2.05, 4.69) is 9.84 Å². The number of hydrogen-bond acceptors (Lipinski definition) is 5. The number of hydrogen-bond donors (Lipinski definition) is 1. The minimum Gasteiger partial charge on any atom is -0.464 e. The van der Waals surface area contributed by atoms with Gasteiger partial charge in [0, 0.05) is 6.07 Å². The summed E-state index contributed by atoms with van der Waals surface area (Å²) in [5.41, 5.74) is 6.14. The molecule has 0 aliphatic carbocycles. The first-order valence-corrected chi connectivity index (χ1v) is 6.39. The van der Waals surface area contributed by atoms with Crippen molar-refractivity contribution in [3.63, 3.8) is 0 Å². The third-order valence-electron chi connectivity index (χ3n) is 2.70. The number of methoxy groups -OCH3 is 1. The Morgan fingerprint density at radius 2 is 2.31 bits per heavy atom. The number of nitrogens with zero attached hydrogens (tertiary/aromatic N) is 2. The molecule has 1 aromatic heterocycles. The fourth-order valence-electron chi connectivity index (χ4n) is 1.84. The van der Waals surface area contributed by atoms with E-state index in [-0.39, 0.29) is 0 Å². The van der Waals surface area contributed by atoms with Crippen molar-refractivity contribution in [2.75, 3.05) is 24.3 Å². The van der Waals surface area contributed by atoms with Gasteiger partial charge in [-0.25, -0.2) is 9.48 Å². The lowest BCUT2D eigenvalue weighted by atomic mass is 10.2. The Bertz CT molecular complexity index is 385. The number of carbonyl (C=O) groups excluding carboxylic acids is 1. The molecule has 2 heterocycles. The number of ether oxygens (including phenoxy) is 1. The van der Waals surface area contributed by atoms with Gasteiger partial charge in [-0.2, -0.15) is 16.9 Å². The van der Waals surface area contributed by atoms with E-state index in [4.69, 9.17) is 5.73 Å². The van der Waals surface area contributed by atoms with Crippen LogP contribution in [0.25, 0.3) is 0 Å². The van der Waals surface area contributed by atoms with Crippen LogP contribution in [0, 0.1) is 0 Å². The van der Waals surface area contributed by atoms with Gasteiger partial charge in [0.2, 0.25) is 0 Å². The number of nitrogen functional groups attached to an aromatic ring is 1. The van der Waals surface area contributed by atoms with Gasteiger partial charge in [0.25, 0.3) is 0 Å². The molecule has 1 aromatic rings. The predicted octanol–water partition coefficient (Wildman–Crippen LogP) is 1.32. The first-order valence-electron chi connectivity index (χ1n) is 5.23. The molecule has 0 atom stereocenters. The number of esters is 1. The fourth-order valence-corrected chi connectivity index (χ4v) is 2.92. The Hall–Kier alpha value is -1.17. The van der Waals surface area contributed by atoms with Crippen LogP contribution in [0.1, 0.15) is 29.4 Å². The van der Waals surface area contributed by atoms with Crippen LogP contribution in [0.3, 0.4) is 0 Å². The summed E-state index contributed by atoms with van der Waals surface area (Å²) in [6, 6.07) is 1.90. The maximum atomic E-state index is 11.3. The van der Waals surface area contributed by atoms with E-state index in [1.165, 1.54) is 7.11 Å². The van der Waals surface area contributed by atoms with Crippen LogP contribution in [0.2, 0.25) is 0 Å². The van der Waals surface area contributed by atoms with Crippen molar-refractivity contribution in [3.8, 4) is 0 Å². The van der Waals surface area contributed by atoms with Crippen LogP contribution in [-0.4, -0.2) is 34.4 Å². The normalized spacial score (nSPS) is 17.3. The van der Waals surface area contributed by atoms with Gasteiger partial charge in [-0.05, 0) is 24.3 Å². The number of nitrogens with two attached hydrogens (primary N) is 1. The van der Waals surface area contributed by atoms with Crippen LogP contribution in [-0.2, 0) is 4.74 Å². The number of aromatic nitrogens is 2. The van der Waals surface area contributed by atoms with Crippen LogP contribution in [0.4, 0.5) is 5.82 Å². The van der Waals surface area contributed by atoms with Crippen LogP contribution in [0.5, 0.6) is 0 Å². The Labute approximate surface area is 98.3 Å². The molecule has 16 heavy (non-hydrogen) atoms. The largest absolute Gasteiger partial charge is 0.464 e. The standard InChI is InChI=1S/C10H15N3O2S/c1-15-10(14)8-6-9(11)13(12-8)7-2-4-16-5-3-7/h6-7H,2-5,11H2,1H3. The molecule has 2 rings (SSSR count). The van der Waals surface area contributed by atoms with Gasteiger partial charge in [-0.3, -0.25) is 0 Å². The first kappa shape index (κ1) is 11.3. The molecule has 0 radical (unpaired) electrons. The third-order valence-corrected chi connectivity index (χ3v) is 3.74. The van der Waals surface area contributed by atoms with Crippen LogP contribution >= 0.6 is 11.8 Å². The van der Waals surface area contributed by atoms with Gasteiger partial charge in [0.15, 0.2) is 5.69 Å². The highest BCUT2D eigenvalue weighted by Crippen LogP contribution is 2.28. The quantitative estimate of drug-likeness (QED) is 0.791. The SMILES string of the molecule is COC(=O)c1cc(N)n(C2CCSCC2)n1. The highest BCUT2D eigenvalue weighted by Gasteiger charge is 2.21. The number of anilines is 1. The number of thioether (sulfide) groups is 1. The van der Waals surface area contributed by atoms with E-state index in [0.717, 1.165) is 24.3 Å². The summed E-state index contributed by atoms with van der Waals surface area (Å²) in [5, 5.41) is 4.21. The second-order valence-corrected chi connectivity index (χ2v) is 4.96. The molecular weight excluding hydrogens is 226 g/mol. The molecule has 1 fully saturated rings. The van der Waals surface area contributed by atoms with Crippen LogP contribution in [0.15, 0.2) is 6.07 Å².